The Bertz CT molecular complexity index is 338. The first-order valence-electron chi connectivity index (χ1n) is 4.66. The van der Waals surface area contributed by atoms with Crippen LogP contribution in [0.5, 0.6) is 0 Å². The molecule has 0 saturated heterocycles. The minimum absolute atomic E-state index is 0.654. The summed E-state index contributed by atoms with van der Waals surface area (Å²) in [5, 5.41) is 4.47. The fraction of sp³-hybridized carbons (Fsp3) is 0.167. The molecule has 0 aliphatic heterocycles. The van der Waals surface area contributed by atoms with Crippen molar-refractivity contribution in [2.75, 3.05) is 13.1 Å². The molecule has 0 aliphatic rings. The smallest absolute Gasteiger partial charge is 0.0426 e. The molecule has 1 rings (SSSR count). The molecule has 0 aliphatic carbocycles. The lowest BCUT2D eigenvalue weighted by molar-refractivity contribution is 0.846. The Balaban J connectivity index is 2.52. The fourth-order valence-corrected chi connectivity index (χ4v) is 1.68. The third kappa shape index (κ3) is 5.03. The molecule has 0 radical (unpaired) electrons. The lowest BCUT2D eigenvalue weighted by Gasteiger charge is -1.98. The summed E-state index contributed by atoms with van der Waals surface area (Å²) in [5.74, 6) is 0. The number of hydrogen-bond donors (Lipinski definition) is 1. The van der Waals surface area contributed by atoms with Crippen LogP contribution in [-0.4, -0.2) is 13.1 Å². The topological polar surface area (TPSA) is 12.0 Å². The maximum Gasteiger partial charge on any atom is 0.0426 e. The average Bonchev–Trinajstić information content (AvgIpc) is 2.16. The van der Waals surface area contributed by atoms with Crippen LogP contribution in [0, 0.1) is 0 Å². The summed E-state index contributed by atoms with van der Waals surface area (Å²) in [6.45, 7) is 5.23. The van der Waals surface area contributed by atoms with Crippen LogP contribution in [0.4, 0.5) is 0 Å². The van der Waals surface area contributed by atoms with Gasteiger partial charge in [-0.25, -0.2) is 0 Å². The summed E-state index contributed by atoms with van der Waals surface area (Å²) in [6.07, 6.45) is 5.82. The predicted octanol–water partition coefficient (Wildman–Crippen LogP) is 3.78. The Kier molecular flexibility index (Phi) is 5.48. The van der Waals surface area contributed by atoms with Gasteiger partial charge in [0.2, 0.25) is 0 Å². The maximum absolute atomic E-state index is 5.87. The van der Waals surface area contributed by atoms with Crippen LogP contribution in [0.3, 0.4) is 0 Å². The van der Waals surface area contributed by atoms with E-state index in [0.717, 1.165) is 18.7 Å². The summed E-state index contributed by atoms with van der Waals surface area (Å²) in [4.78, 5) is 0. The van der Waals surface area contributed by atoms with Crippen LogP contribution in [0.25, 0.3) is 6.08 Å². The standard InChI is InChI=1S/C12H13Cl2N/c1-2-5-15-6-3-4-10-7-11(13)9-12(14)8-10/h2-4,7-9,15H,1,5-6H2/b4-3+. The molecule has 1 N–H and O–H groups in total. The number of hydrogen-bond acceptors (Lipinski definition) is 1. The second-order valence-corrected chi connectivity index (χ2v) is 3.92. The first kappa shape index (κ1) is 12.3. The monoisotopic (exact) mass is 241 g/mol. The average molecular weight is 242 g/mol. The molecular formula is C12H13Cl2N. The highest BCUT2D eigenvalue weighted by Crippen LogP contribution is 2.19. The van der Waals surface area contributed by atoms with Gasteiger partial charge in [-0.15, -0.1) is 6.58 Å². The van der Waals surface area contributed by atoms with Gasteiger partial charge in [-0.1, -0.05) is 41.4 Å². The van der Waals surface area contributed by atoms with Crippen molar-refractivity contribution in [3.8, 4) is 0 Å². The van der Waals surface area contributed by atoms with E-state index in [2.05, 4.69) is 11.9 Å². The molecule has 0 spiro atoms. The highest BCUT2D eigenvalue weighted by Gasteiger charge is 1.94. The van der Waals surface area contributed by atoms with Gasteiger partial charge < -0.3 is 5.32 Å². The van der Waals surface area contributed by atoms with Gasteiger partial charge in [0.1, 0.15) is 0 Å². The Hall–Kier alpha value is -0.760. The third-order valence-corrected chi connectivity index (χ3v) is 2.18. The zero-order valence-corrected chi connectivity index (χ0v) is 9.85. The summed E-state index contributed by atoms with van der Waals surface area (Å²) in [5.41, 5.74) is 1.01. The third-order valence-electron chi connectivity index (χ3n) is 1.75. The molecule has 0 aromatic heterocycles. The van der Waals surface area contributed by atoms with Crippen molar-refractivity contribution in [2.45, 2.75) is 0 Å². The molecule has 0 unspecified atom stereocenters. The van der Waals surface area contributed by atoms with Crippen LogP contribution in [0.15, 0.2) is 36.9 Å². The number of benzene rings is 1. The van der Waals surface area contributed by atoms with Gasteiger partial charge in [0.05, 0.1) is 0 Å². The Labute approximate surface area is 100 Å². The quantitative estimate of drug-likeness (QED) is 0.612. The van der Waals surface area contributed by atoms with Crippen molar-refractivity contribution in [2.24, 2.45) is 0 Å². The first-order chi connectivity index (χ1) is 7.22. The second-order valence-electron chi connectivity index (χ2n) is 3.05. The van der Waals surface area contributed by atoms with E-state index in [0.29, 0.717) is 10.0 Å². The summed E-state index contributed by atoms with van der Waals surface area (Å²) >= 11 is 11.7. The largest absolute Gasteiger partial charge is 0.310 e. The summed E-state index contributed by atoms with van der Waals surface area (Å²) < 4.78 is 0. The lowest BCUT2D eigenvalue weighted by Crippen LogP contribution is -2.12. The van der Waals surface area contributed by atoms with Gasteiger partial charge in [0, 0.05) is 23.1 Å². The molecule has 15 heavy (non-hydrogen) atoms. The Morgan fingerprint density at radius 1 is 1.13 bits per heavy atom. The normalized spacial score (nSPS) is 10.8. The van der Waals surface area contributed by atoms with Crippen LogP contribution in [0.1, 0.15) is 5.56 Å². The molecule has 0 amide bonds. The molecule has 80 valence electrons. The van der Waals surface area contributed by atoms with E-state index in [1.807, 2.05) is 30.4 Å². The minimum Gasteiger partial charge on any atom is -0.310 e. The van der Waals surface area contributed by atoms with Gasteiger partial charge in [0.25, 0.3) is 0 Å². The van der Waals surface area contributed by atoms with Crippen molar-refractivity contribution in [1.82, 2.24) is 5.32 Å². The number of halogens is 2. The summed E-state index contributed by atoms with van der Waals surface area (Å²) in [7, 11) is 0. The number of nitrogens with one attached hydrogen (secondary N) is 1. The van der Waals surface area contributed by atoms with Gasteiger partial charge in [-0.2, -0.15) is 0 Å². The van der Waals surface area contributed by atoms with Crippen molar-refractivity contribution in [3.05, 3.63) is 52.5 Å². The molecule has 0 heterocycles. The Morgan fingerprint density at radius 2 is 1.80 bits per heavy atom. The van der Waals surface area contributed by atoms with E-state index in [1.54, 1.807) is 6.07 Å². The molecule has 1 nitrogen and oxygen atoms in total. The highest BCUT2D eigenvalue weighted by molar-refractivity contribution is 6.34. The van der Waals surface area contributed by atoms with Gasteiger partial charge in [-0.05, 0) is 23.8 Å². The van der Waals surface area contributed by atoms with Crippen LogP contribution < -0.4 is 5.32 Å². The molecule has 0 fully saturated rings. The van der Waals surface area contributed by atoms with Crippen molar-refractivity contribution in [1.29, 1.82) is 0 Å². The van der Waals surface area contributed by atoms with Crippen LogP contribution >= 0.6 is 23.2 Å². The fourth-order valence-electron chi connectivity index (χ4n) is 1.14. The highest BCUT2D eigenvalue weighted by atomic mass is 35.5. The van der Waals surface area contributed by atoms with Gasteiger partial charge in [-0.3, -0.25) is 0 Å². The Morgan fingerprint density at radius 3 is 2.40 bits per heavy atom. The van der Waals surface area contributed by atoms with Gasteiger partial charge >= 0.3 is 0 Å². The zero-order chi connectivity index (χ0) is 11.1. The minimum atomic E-state index is 0.654. The van der Waals surface area contributed by atoms with E-state index in [-0.39, 0.29) is 0 Å². The maximum atomic E-state index is 5.87. The molecule has 0 saturated carbocycles. The van der Waals surface area contributed by atoms with E-state index < -0.39 is 0 Å². The van der Waals surface area contributed by atoms with Crippen LogP contribution in [0.2, 0.25) is 10.0 Å². The lowest BCUT2D eigenvalue weighted by atomic mass is 10.2. The molecule has 0 atom stereocenters. The van der Waals surface area contributed by atoms with E-state index in [1.165, 1.54) is 0 Å². The molecule has 3 heteroatoms. The SMILES string of the molecule is C=CCNC/C=C/c1cc(Cl)cc(Cl)c1. The number of rotatable bonds is 5. The first-order valence-corrected chi connectivity index (χ1v) is 5.42. The zero-order valence-electron chi connectivity index (χ0n) is 8.34. The van der Waals surface area contributed by atoms with E-state index in [4.69, 9.17) is 23.2 Å². The second kappa shape index (κ2) is 6.67. The molecule has 0 bridgehead atoms. The van der Waals surface area contributed by atoms with Crippen molar-refractivity contribution < 1.29 is 0 Å². The predicted molar refractivity (Wildman–Crippen MR) is 68.6 cm³/mol. The molecule has 1 aromatic rings. The van der Waals surface area contributed by atoms with Crippen molar-refractivity contribution in [3.63, 3.8) is 0 Å². The van der Waals surface area contributed by atoms with Crippen LogP contribution in [-0.2, 0) is 0 Å². The van der Waals surface area contributed by atoms with E-state index in [9.17, 15) is 0 Å². The molecule has 1 aromatic carbocycles. The van der Waals surface area contributed by atoms with E-state index >= 15 is 0 Å². The van der Waals surface area contributed by atoms with Gasteiger partial charge in [0.15, 0.2) is 0 Å². The molecular weight excluding hydrogens is 229 g/mol. The summed E-state index contributed by atoms with van der Waals surface area (Å²) in [6, 6.07) is 5.46. The van der Waals surface area contributed by atoms with Crippen molar-refractivity contribution >= 4 is 29.3 Å².